The van der Waals surface area contributed by atoms with Gasteiger partial charge >= 0.3 is 0 Å². The maximum absolute atomic E-state index is 12.1. The lowest BCUT2D eigenvalue weighted by atomic mass is 9.83. The highest BCUT2D eigenvalue weighted by molar-refractivity contribution is 5.85. The number of carbonyl (C=O) groups excluding carboxylic acids is 1. The zero-order valence-corrected chi connectivity index (χ0v) is 14.5. The molecule has 0 heterocycles. The van der Waals surface area contributed by atoms with Gasteiger partial charge in [0.15, 0.2) is 0 Å². The number of carbonyl (C=O) groups is 1. The monoisotopic (exact) mass is 297 g/mol. The number of nitrogens with zero attached hydrogens (tertiary/aromatic N) is 1. The molecule has 0 aromatic heterocycles. The highest BCUT2D eigenvalue weighted by atomic mass is 16.1. The summed E-state index contributed by atoms with van der Waals surface area (Å²) in [5.41, 5.74) is 5.29. The second-order valence-corrected chi connectivity index (χ2v) is 7.02. The number of hydrogen-bond donors (Lipinski definition) is 2. The fourth-order valence-electron chi connectivity index (χ4n) is 3.69. The molecule has 124 valence electrons. The number of unbranched alkanes of at least 4 members (excludes halogenated alkanes) is 2. The highest BCUT2D eigenvalue weighted by Crippen LogP contribution is 2.38. The largest absolute Gasteiger partial charge is 0.368 e. The van der Waals surface area contributed by atoms with Crippen LogP contribution in [-0.2, 0) is 4.79 Å². The van der Waals surface area contributed by atoms with Crippen LogP contribution in [0.1, 0.15) is 65.7 Å². The summed E-state index contributed by atoms with van der Waals surface area (Å²) in [6.07, 6.45) is 8.00. The van der Waals surface area contributed by atoms with E-state index in [4.69, 9.17) is 5.73 Å². The Balaban J connectivity index is 2.53. The Kier molecular flexibility index (Phi) is 7.67. The molecule has 1 aliphatic rings. The quantitative estimate of drug-likeness (QED) is 0.609. The average molecular weight is 297 g/mol. The Hall–Kier alpha value is -0.610. The van der Waals surface area contributed by atoms with Gasteiger partial charge in [0, 0.05) is 6.04 Å². The molecule has 0 radical (unpaired) electrons. The van der Waals surface area contributed by atoms with Crippen LogP contribution in [0.25, 0.3) is 0 Å². The molecule has 0 bridgehead atoms. The van der Waals surface area contributed by atoms with Gasteiger partial charge in [0.25, 0.3) is 0 Å². The van der Waals surface area contributed by atoms with E-state index >= 15 is 0 Å². The lowest BCUT2D eigenvalue weighted by molar-refractivity contribution is -0.126. The van der Waals surface area contributed by atoms with E-state index in [0.717, 1.165) is 38.8 Å². The van der Waals surface area contributed by atoms with Gasteiger partial charge in [-0.2, -0.15) is 0 Å². The molecule has 1 aliphatic carbocycles. The van der Waals surface area contributed by atoms with Crippen LogP contribution in [0.3, 0.4) is 0 Å². The van der Waals surface area contributed by atoms with Gasteiger partial charge in [0.05, 0.1) is 0 Å². The number of hydrogen-bond acceptors (Lipinski definition) is 3. The smallest absolute Gasteiger partial charge is 0.238 e. The molecule has 2 unspecified atom stereocenters. The fraction of sp³-hybridized carbons (Fsp3) is 0.941. The van der Waals surface area contributed by atoms with E-state index in [0.29, 0.717) is 12.0 Å². The van der Waals surface area contributed by atoms with E-state index in [-0.39, 0.29) is 5.91 Å². The van der Waals surface area contributed by atoms with Gasteiger partial charge < -0.3 is 16.0 Å². The lowest BCUT2D eigenvalue weighted by Crippen LogP contribution is -2.60. The molecule has 1 saturated carbocycles. The van der Waals surface area contributed by atoms with Crippen molar-refractivity contribution in [1.82, 2.24) is 10.2 Å². The summed E-state index contributed by atoms with van der Waals surface area (Å²) in [4.78, 5) is 14.5. The molecule has 1 fully saturated rings. The predicted molar refractivity (Wildman–Crippen MR) is 89.2 cm³/mol. The lowest BCUT2D eigenvalue weighted by Gasteiger charge is -2.36. The zero-order chi connectivity index (χ0) is 15.9. The number of nitrogens with two attached hydrogens (primary N) is 1. The minimum absolute atomic E-state index is 0.160. The summed E-state index contributed by atoms with van der Waals surface area (Å²) in [7, 11) is 2.19. The molecule has 21 heavy (non-hydrogen) atoms. The Morgan fingerprint density at radius 1 is 1.38 bits per heavy atom. The van der Waals surface area contributed by atoms with Gasteiger partial charge in [-0.25, -0.2) is 0 Å². The molecule has 0 saturated heterocycles. The Labute approximate surface area is 130 Å². The van der Waals surface area contributed by atoms with Crippen molar-refractivity contribution in [2.75, 3.05) is 20.1 Å². The first-order valence-corrected chi connectivity index (χ1v) is 8.68. The summed E-state index contributed by atoms with van der Waals surface area (Å²) in [5, 5.41) is 3.49. The summed E-state index contributed by atoms with van der Waals surface area (Å²) in [5.74, 6) is 0.221. The molecule has 0 aromatic rings. The van der Waals surface area contributed by atoms with Gasteiger partial charge in [-0.1, -0.05) is 26.2 Å². The van der Waals surface area contributed by atoms with Crippen molar-refractivity contribution in [2.45, 2.75) is 77.3 Å². The van der Waals surface area contributed by atoms with Crippen LogP contribution in [0.5, 0.6) is 0 Å². The average Bonchev–Trinajstić information content (AvgIpc) is 2.80. The van der Waals surface area contributed by atoms with E-state index in [2.05, 4.69) is 38.0 Å². The van der Waals surface area contributed by atoms with Gasteiger partial charge in [-0.3, -0.25) is 4.79 Å². The standard InChI is InChI=1S/C17H35N3O/c1-5-6-7-12-20(4)13-10-15-9-8-11-17(15,16(18)21)19-14(2)3/h14-15,19H,5-13H2,1-4H3,(H2,18,21). The third-order valence-electron chi connectivity index (χ3n) is 4.81. The molecule has 0 spiro atoms. The van der Waals surface area contributed by atoms with Crippen LogP contribution in [-0.4, -0.2) is 42.5 Å². The molecular formula is C17H35N3O. The van der Waals surface area contributed by atoms with Crippen LogP contribution < -0.4 is 11.1 Å². The maximum atomic E-state index is 12.1. The van der Waals surface area contributed by atoms with Crippen molar-refractivity contribution < 1.29 is 4.79 Å². The first-order valence-electron chi connectivity index (χ1n) is 8.68. The number of rotatable bonds is 10. The Morgan fingerprint density at radius 3 is 2.67 bits per heavy atom. The second-order valence-electron chi connectivity index (χ2n) is 7.02. The minimum Gasteiger partial charge on any atom is -0.368 e. The second kappa shape index (κ2) is 8.74. The Bertz CT molecular complexity index is 319. The van der Waals surface area contributed by atoms with Gasteiger partial charge in [0.1, 0.15) is 5.54 Å². The van der Waals surface area contributed by atoms with Crippen LogP contribution in [0, 0.1) is 5.92 Å². The maximum Gasteiger partial charge on any atom is 0.238 e. The minimum atomic E-state index is -0.474. The fourth-order valence-corrected chi connectivity index (χ4v) is 3.69. The summed E-state index contributed by atoms with van der Waals surface area (Å²) in [6.45, 7) is 8.64. The third kappa shape index (κ3) is 5.26. The van der Waals surface area contributed by atoms with Crippen LogP contribution in [0.4, 0.5) is 0 Å². The van der Waals surface area contributed by atoms with E-state index in [1.54, 1.807) is 0 Å². The van der Waals surface area contributed by atoms with E-state index in [1.807, 2.05) is 0 Å². The molecule has 2 atom stereocenters. The number of amides is 1. The van der Waals surface area contributed by atoms with Crippen molar-refractivity contribution in [2.24, 2.45) is 11.7 Å². The first kappa shape index (κ1) is 18.4. The number of primary amides is 1. The Morgan fingerprint density at radius 2 is 2.10 bits per heavy atom. The van der Waals surface area contributed by atoms with Crippen molar-refractivity contribution in [3.63, 3.8) is 0 Å². The SMILES string of the molecule is CCCCCN(C)CCC1CCCC1(NC(C)C)C(N)=O. The predicted octanol–water partition coefficient (Wildman–Crippen LogP) is 2.52. The molecule has 4 heteroatoms. The molecule has 1 rings (SSSR count). The van der Waals surface area contributed by atoms with Gasteiger partial charge in [0.2, 0.25) is 5.91 Å². The van der Waals surface area contributed by atoms with E-state index in [9.17, 15) is 4.79 Å². The molecule has 1 amide bonds. The highest BCUT2D eigenvalue weighted by Gasteiger charge is 2.47. The molecule has 0 aromatic carbocycles. The third-order valence-corrected chi connectivity index (χ3v) is 4.81. The van der Waals surface area contributed by atoms with Gasteiger partial charge in [-0.15, -0.1) is 0 Å². The number of nitrogens with one attached hydrogen (secondary N) is 1. The molecule has 4 nitrogen and oxygen atoms in total. The van der Waals surface area contributed by atoms with Crippen molar-refractivity contribution >= 4 is 5.91 Å². The molecule has 3 N–H and O–H groups in total. The van der Waals surface area contributed by atoms with E-state index < -0.39 is 5.54 Å². The van der Waals surface area contributed by atoms with Gasteiger partial charge in [-0.05, 0) is 65.6 Å². The van der Waals surface area contributed by atoms with Crippen LogP contribution >= 0.6 is 0 Å². The summed E-state index contributed by atoms with van der Waals surface area (Å²) in [6, 6.07) is 0.292. The van der Waals surface area contributed by atoms with E-state index in [1.165, 1.54) is 19.3 Å². The zero-order valence-electron chi connectivity index (χ0n) is 14.5. The molecular weight excluding hydrogens is 262 g/mol. The van der Waals surface area contributed by atoms with Crippen molar-refractivity contribution in [3.05, 3.63) is 0 Å². The topological polar surface area (TPSA) is 58.4 Å². The van der Waals surface area contributed by atoms with Crippen molar-refractivity contribution in [3.8, 4) is 0 Å². The summed E-state index contributed by atoms with van der Waals surface area (Å²) < 4.78 is 0. The van der Waals surface area contributed by atoms with Crippen molar-refractivity contribution in [1.29, 1.82) is 0 Å². The first-order chi connectivity index (χ1) is 9.92. The normalized spacial score (nSPS) is 25.9. The van der Waals surface area contributed by atoms with Crippen LogP contribution in [0.15, 0.2) is 0 Å². The van der Waals surface area contributed by atoms with Crippen LogP contribution in [0.2, 0.25) is 0 Å². The summed E-state index contributed by atoms with van der Waals surface area (Å²) >= 11 is 0. The molecule has 0 aliphatic heterocycles.